The van der Waals surface area contributed by atoms with E-state index in [1.165, 1.54) is 17.0 Å². The predicted molar refractivity (Wildman–Crippen MR) is 122 cm³/mol. The van der Waals surface area contributed by atoms with Crippen LogP contribution in [0.2, 0.25) is 0 Å². The number of rotatable bonds is 7. The molecule has 36 heavy (non-hydrogen) atoms. The maximum atomic E-state index is 14.6. The van der Waals surface area contributed by atoms with Crippen LogP contribution in [-0.4, -0.2) is 79.9 Å². The molecule has 1 aliphatic rings. The first-order valence-corrected chi connectivity index (χ1v) is 13.8. The molecule has 0 spiro atoms. The van der Waals surface area contributed by atoms with Gasteiger partial charge in [0.25, 0.3) is 5.91 Å². The van der Waals surface area contributed by atoms with E-state index in [9.17, 15) is 39.2 Å². The number of halogens is 4. The number of nitrogens with zero attached hydrogens (tertiary/aromatic N) is 2. The molecule has 0 aliphatic carbocycles. The van der Waals surface area contributed by atoms with Gasteiger partial charge in [-0.05, 0) is 43.4 Å². The van der Waals surface area contributed by atoms with Crippen molar-refractivity contribution in [2.24, 2.45) is 0 Å². The number of nitrogens with one attached hydrogen (secondary N) is 1. The molecule has 2 aromatic rings. The molecule has 0 aromatic heterocycles. The third kappa shape index (κ3) is 6.44. The van der Waals surface area contributed by atoms with Gasteiger partial charge in [-0.25, -0.2) is 25.9 Å². The Morgan fingerprint density at radius 1 is 1.00 bits per heavy atom. The molecule has 198 valence electrons. The minimum Gasteiger partial charge on any atom is -0.483 e. The summed E-state index contributed by atoms with van der Waals surface area (Å²) in [7, 11) is -6.45. The molecule has 0 unspecified atom stereocenters. The fourth-order valence-corrected chi connectivity index (χ4v) is 4.93. The van der Waals surface area contributed by atoms with E-state index in [1.54, 1.807) is 4.90 Å². The summed E-state index contributed by atoms with van der Waals surface area (Å²) in [6, 6.07) is 6.44. The van der Waals surface area contributed by atoms with Crippen molar-refractivity contribution in [1.82, 2.24) is 9.62 Å². The Balaban J connectivity index is 1.82. The first kappa shape index (κ1) is 27.7. The van der Waals surface area contributed by atoms with E-state index in [1.807, 2.05) is 0 Å². The van der Waals surface area contributed by atoms with Crippen molar-refractivity contribution in [2.45, 2.75) is 16.0 Å². The smallest absolute Gasteiger partial charge is 0.422 e. The van der Waals surface area contributed by atoms with Crippen LogP contribution in [-0.2, 0) is 19.9 Å². The van der Waals surface area contributed by atoms with Crippen LogP contribution in [0.5, 0.6) is 5.75 Å². The van der Waals surface area contributed by atoms with Gasteiger partial charge < -0.3 is 14.5 Å². The Morgan fingerprint density at radius 3 is 2.14 bits per heavy atom. The molecule has 1 N–H and O–H groups in total. The zero-order chi connectivity index (χ0) is 26.9. The van der Waals surface area contributed by atoms with Crippen molar-refractivity contribution < 1.29 is 43.9 Å². The summed E-state index contributed by atoms with van der Waals surface area (Å²) in [6.07, 6.45) is -3.73. The van der Waals surface area contributed by atoms with Gasteiger partial charge in [0, 0.05) is 32.4 Å². The summed E-state index contributed by atoms with van der Waals surface area (Å²) >= 11 is 0. The number of sulfone groups is 1. The monoisotopic (exact) mass is 553 g/mol. The molecular formula is C21H23F4N3O6S2. The van der Waals surface area contributed by atoms with Crippen LogP contribution < -0.4 is 14.4 Å². The van der Waals surface area contributed by atoms with Crippen LogP contribution >= 0.6 is 0 Å². The first-order valence-electron chi connectivity index (χ1n) is 10.4. The molecule has 0 radical (unpaired) electrons. The van der Waals surface area contributed by atoms with Crippen molar-refractivity contribution in [3.05, 3.63) is 47.8 Å². The molecular weight excluding hydrogens is 530 g/mol. The van der Waals surface area contributed by atoms with Crippen LogP contribution in [0.3, 0.4) is 0 Å². The Kier molecular flexibility index (Phi) is 7.86. The highest BCUT2D eigenvalue weighted by Crippen LogP contribution is 2.28. The van der Waals surface area contributed by atoms with Crippen molar-refractivity contribution in [3.63, 3.8) is 0 Å². The fraction of sp³-hybridized carbons (Fsp3) is 0.381. The maximum absolute atomic E-state index is 14.6. The summed E-state index contributed by atoms with van der Waals surface area (Å²) in [5.41, 5.74) is -0.237. The first-order chi connectivity index (χ1) is 16.6. The average molecular weight is 554 g/mol. The highest BCUT2D eigenvalue weighted by molar-refractivity contribution is 7.90. The van der Waals surface area contributed by atoms with Gasteiger partial charge in [-0.1, -0.05) is 0 Å². The van der Waals surface area contributed by atoms with Gasteiger partial charge in [0.1, 0.15) is 11.6 Å². The molecule has 2 aromatic carbocycles. The highest BCUT2D eigenvalue weighted by atomic mass is 32.2. The molecule has 1 amide bonds. The van der Waals surface area contributed by atoms with Crippen LogP contribution in [0.4, 0.5) is 23.2 Å². The van der Waals surface area contributed by atoms with E-state index >= 15 is 0 Å². The van der Waals surface area contributed by atoms with Gasteiger partial charge in [0.15, 0.2) is 16.4 Å². The van der Waals surface area contributed by atoms with Gasteiger partial charge in [0.05, 0.1) is 21.0 Å². The summed E-state index contributed by atoms with van der Waals surface area (Å²) in [5.74, 6) is -1.95. The molecule has 15 heteroatoms. The number of ether oxygens (including phenoxy) is 1. The number of amides is 1. The van der Waals surface area contributed by atoms with E-state index in [-0.39, 0.29) is 47.2 Å². The highest BCUT2D eigenvalue weighted by Gasteiger charge is 2.31. The number of anilines is 1. The van der Waals surface area contributed by atoms with Crippen LogP contribution in [0.25, 0.3) is 0 Å². The lowest BCUT2D eigenvalue weighted by atomic mass is 10.1. The number of benzene rings is 2. The minimum atomic E-state index is -4.68. The van der Waals surface area contributed by atoms with Crippen molar-refractivity contribution in [1.29, 1.82) is 0 Å². The zero-order valence-electron chi connectivity index (χ0n) is 19.2. The largest absolute Gasteiger partial charge is 0.483 e. The minimum absolute atomic E-state index is 0.0355. The van der Waals surface area contributed by atoms with Crippen LogP contribution in [0.15, 0.2) is 46.2 Å². The standard InChI is InChI=1S/C21H23F4N3O6S2/c1-26-36(32,33)15-4-6-19(34-13-21(23,24)25)16(11-15)20(29)28-9-7-27(8-10-28)18-5-3-14(12-17(18)22)35(2,30)31/h3-6,11-12,26H,7-10,13H2,1-2H3. The number of alkyl halides is 3. The van der Waals surface area contributed by atoms with E-state index in [2.05, 4.69) is 4.72 Å². The summed E-state index contributed by atoms with van der Waals surface area (Å²) in [4.78, 5) is 15.5. The summed E-state index contributed by atoms with van der Waals surface area (Å²) in [5, 5.41) is 0. The Labute approximate surface area is 205 Å². The van der Waals surface area contributed by atoms with Crippen molar-refractivity contribution in [3.8, 4) is 5.75 Å². The SMILES string of the molecule is CNS(=O)(=O)c1ccc(OCC(F)(F)F)c(C(=O)N2CCN(c3ccc(S(C)(=O)=O)cc3F)CC2)c1. The number of sulfonamides is 1. The molecule has 0 bridgehead atoms. The Morgan fingerprint density at radius 2 is 1.61 bits per heavy atom. The van der Waals surface area contributed by atoms with E-state index in [0.717, 1.165) is 37.6 Å². The molecule has 9 nitrogen and oxygen atoms in total. The molecule has 1 heterocycles. The topological polar surface area (TPSA) is 113 Å². The fourth-order valence-electron chi connectivity index (χ4n) is 3.54. The Bertz CT molecular complexity index is 1360. The van der Waals surface area contributed by atoms with Crippen LogP contribution in [0, 0.1) is 5.82 Å². The summed E-state index contributed by atoms with van der Waals surface area (Å²) < 4.78 is 107. The van der Waals surface area contributed by atoms with Gasteiger partial charge in [-0.2, -0.15) is 13.2 Å². The second-order valence-corrected chi connectivity index (χ2v) is 11.8. The third-order valence-corrected chi connectivity index (χ3v) is 7.93. The number of hydrogen-bond acceptors (Lipinski definition) is 7. The number of carbonyl (C=O) groups excluding carboxylic acids is 1. The van der Waals surface area contributed by atoms with Crippen LogP contribution in [0.1, 0.15) is 10.4 Å². The molecule has 3 rings (SSSR count). The normalized spacial score (nSPS) is 15.2. The quantitative estimate of drug-likeness (QED) is 0.522. The second kappa shape index (κ2) is 10.2. The van der Waals surface area contributed by atoms with Gasteiger partial charge in [0.2, 0.25) is 10.0 Å². The lowest BCUT2D eigenvalue weighted by molar-refractivity contribution is -0.153. The molecule has 1 fully saturated rings. The van der Waals surface area contributed by atoms with E-state index < -0.39 is 50.1 Å². The molecule has 0 atom stereocenters. The molecule has 0 saturated carbocycles. The maximum Gasteiger partial charge on any atom is 0.422 e. The number of piperazine rings is 1. The van der Waals surface area contributed by atoms with Gasteiger partial charge in [-0.15, -0.1) is 0 Å². The molecule has 1 saturated heterocycles. The molecule has 1 aliphatic heterocycles. The lowest BCUT2D eigenvalue weighted by Crippen LogP contribution is -2.49. The van der Waals surface area contributed by atoms with E-state index in [0.29, 0.717) is 0 Å². The predicted octanol–water partition coefficient (Wildman–Crippen LogP) is 2.04. The third-order valence-electron chi connectivity index (χ3n) is 5.41. The zero-order valence-corrected chi connectivity index (χ0v) is 20.8. The van der Waals surface area contributed by atoms with Gasteiger partial charge in [-0.3, -0.25) is 4.79 Å². The van der Waals surface area contributed by atoms with Gasteiger partial charge >= 0.3 is 6.18 Å². The lowest BCUT2D eigenvalue weighted by Gasteiger charge is -2.36. The average Bonchev–Trinajstić information content (AvgIpc) is 2.81. The van der Waals surface area contributed by atoms with Crippen molar-refractivity contribution >= 4 is 31.5 Å². The number of carbonyl (C=O) groups is 1. The van der Waals surface area contributed by atoms with E-state index in [4.69, 9.17) is 4.74 Å². The Hall–Kier alpha value is -2.91. The van der Waals surface area contributed by atoms with Crippen molar-refractivity contribution in [2.75, 3.05) is 51.0 Å². The second-order valence-electron chi connectivity index (χ2n) is 7.93. The summed E-state index contributed by atoms with van der Waals surface area (Å²) in [6.45, 7) is -1.34. The number of hydrogen-bond donors (Lipinski definition) is 1.